The molecule has 4 aliphatic heterocycles. The number of hydrogen-bond donors (Lipinski definition) is 0. The minimum atomic E-state index is -0.814. The number of rotatable bonds is 2. The Bertz CT molecular complexity index is 550. The van der Waals surface area contributed by atoms with Crippen molar-refractivity contribution in [3.63, 3.8) is 0 Å². The fourth-order valence-electron chi connectivity index (χ4n) is 5.17. The summed E-state index contributed by atoms with van der Waals surface area (Å²) in [6.07, 6.45) is 3.76. The highest BCUT2D eigenvalue weighted by Crippen LogP contribution is 2.60. The zero-order valence-corrected chi connectivity index (χ0v) is 14.5. The van der Waals surface area contributed by atoms with E-state index in [-0.39, 0.29) is 11.8 Å². The smallest absolute Gasteiger partial charge is 0.332 e. The molecule has 4 heterocycles. The maximum Gasteiger partial charge on any atom is 0.332 e. The average Bonchev–Trinajstić information content (AvgIpc) is 2.78. The molecule has 1 saturated carbocycles. The van der Waals surface area contributed by atoms with E-state index in [9.17, 15) is 4.79 Å². The standard InChI is InChI=1S/C18H26O6/c1-5-14(19)20-15-11(3)13-7-6-10(2)12-8-9-17(4)22-16(21-15)18(12,13)24-23-17/h5,10-13,15-16H,1,6-9H2,2-4H3/t10-,11-,12+,13+,15-,16?,17+,18?/m1/s1. The summed E-state index contributed by atoms with van der Waals surface area (Å²) in [5, 5.41) is 0. The second-order valence-corrected chi connectivity index (χ2v) is 7.91. The largest absolute Gasteiger partial charge is 0.432 e. The van der Waals surface area contributed by atoms with Gasteiger partial charge in [0.15, 0.2) is 11.9 Å². The summed E-state index contributed by atoms with van der Waals surface area (Å²) < 4.78 is 17.7. The van der Waals surface area contributed by atoms with Crippen LogP contribution in [0.1, 0.15) is 46.5 Å². The molecule has 0 amide bonds. The molecule has 2 bridgehead atoms. The van der Waals surface area contributed by atoms with Gasteiger partial charge in [0.1, 0.15) is 0 Å². The first-order valence-electron chi connectivity index (χ1n) is 8.93. The average molecular weight is 338 g/mol. The zero-order valence-electron chi connectivity index (χ0n) is 14.5. The Balaban J connectivity index is 1.72. The summed E-state index contributed by atoms with van der Waals surface area (Å²) in [5.41, 5.74) is -0.621. The lowest BCUT2D eigenvalue weighted by Gasteiger charge is -2.59. The van der Waals surface area contributed by atoms with Crippen molar-refractivity contribution < 1.29 is 28.8 Å². The summed E-state index contributed by atoms with van der Waals surface area (Å²) in [7, 11) is 0. The van der Waals surface area contributed by atoms with Crippen LogP contribution in [0.3, 0.4) is 0 Å². The van der Waals surface area contributed by atoms with Crippen LogP contribution in [0, 0.1) is 23.7 Å². The normalized spacial score (nSPS) is 53.0. The van der Waals surface area contributed by atoms with Crippen LogP contribution in [0.25, 0.3) is 0 Å². The maximum atomic E-state index is 11.7. The molecule has 5 aliphatic rings. The zero-order chi connectivity index (χ0) is 17.1. The van der Waals surface area contributed by atoms with Crippen molar-refractivity contribution in [2.24, 2.45) is 23.7 Å². The Morgan fingerprint density at radius 1 is 1.21 bits per heavy atom. The molecule has 134 valence electrons. The van der Waals surface area contributed by atoms with E-state index in [1.165, 1.54) is 0 Å². The van der Waals surface area contributed by atoms with Crippen molar-refractivity contribution in [2.45, 2.75) is 70.4 Å². The van der Waals surface area contributed by atoms with Gasteiger partial charge >= 0.3 is 5.97 Å². The maximum absolute atomic E-state index is 11.7. The molecule has 0 aromatic carbocycles. The van der Waals surface area contributed by atoms with E-state index in [0.717, 1.165) is 31.8 Å². The molecule has 1 aliphatic carbocycles. The highest BCUT2D eigenvalue weighted by molar-refractivity contribution is 5.81. The van der Waals surface area contributed by atoms with Crippen LogP contribution in [0.2, 0.25) is 0 Å². The molecule has 1 spiro atoms. The van der Waals surface area contributed by atoms with Gasteiger partial charge in [-0.15, -0.1) is 0 Å². The Kier molecular flexibility index (Phi) is 3.80. The quantitative estimate of drug-likeness (QED) is 0.438. The first-order valence-corrected chi connectivity index (χ1v) is 8.93. The first kappa shape index (κ1) is 16.5. The molecular formula is C18H26O6. The number of esters is 1. The molecular weight excluding hydrogens is 312 g/mol. The van der Waals surface area contributed by atoms with Crippen LogP contribution in [0.4, 0.5) is 0 Å². The number of carbonyl (C=O) groups excluding carboxylic acids is 1. The van der Waals surface area contributed by atoms with Crippen LogP contribution < -0.4 is 0 Å². The van der Waals surface area contributed by atoms with Gasteiger partial charge in [-0.05, 0) is 38.0 Å². The number of carbonyl (C=O) groups is 1. The third kappa shape index (κ3) is 2.20. The summed E-state index contributed by atoms with van der Waals surface area (Å²) in [6, 6.07) is 0. The van der Waals surface area contributed by atoms with Gasteiger partial charge in [0.05, 0.1) is 0 Å². The molecule has 4 saturated heterocycles. The molecule has 6 nitrogen and oxygen atoms in total. The van der Waals surface area contributed by atoms with Gasteiger partial charge in [0.25, 0.3) is 0 Å². The third-order valence-corrected chi connectivity index (χ3v) is 6.50. The van der Waals surface area contributed by atoms with Crippen LogP contribution in [0.15, 0.2) is 12.7 Å². The number of hydrogen-bond acceptors (Lipinski definition) is 6. The number of ether oxygens (including phenoxy) is 3. The predicted octanol–water partition coefficient (Wildman–Crippen LogP) is 2.92. The van der Waals surface area contributed by atoms with Crippen molar-refractivity contribution >= 4 is 5.97 Å². The van der Waals surface area contributed by atoms with Gasteiger partial charge in [-0.2, -0.15) is 0 Å². The van der Waals surface area contributed by atoms with Crippen molar-refractivity contribution in [2.75, 3.05) is 0 Å². The molecule has 2 unspecified atom stereocenters. The van der Waals surface area contributed by atoms with Gasteiger partial charge in [0, 0.05) is 24.3 Å². The third-order valence-electron chi connectivity index (χ3n) is 6.50. The second kappa shape index (κ2) is 5.53. The minimum absolute atomic E-state index is 0.00481. The summed E-state index contributed by atoms with van der Waals surface area (Å²) in [5.74, 6) is -0.322. The van der Waals surface area contributed by atoms with E-state index in [4.69, 9.17) is 24.0 Å². The summed E-state index contributed by atoms with van der Waals surface area (Å²) in [4.78, 5) is 23.5. The van der Waals surface area contributed by atoms with Gasteiger partial charge < -0.3 is 14.2 Å². The molecule has 6 heteroatoms. The molecule has 8 atom stereocenters. The molecule has 24 heavy (non-hydrogen) atoms. The van der Waals surface area contributed by atoms with E-state index in [1.54, 1.807) is 0 Å². The Hall–Kier alpha value is -0.950. The van der Waals surface area contributed by atoms with Gasteiger partial charge in [-0.1, -0.05) is 20.4 Å². The molecule has 0 radical (unpaired) electrons. The second-order valence-electron chi connectivity index (χ2n) is 7.91. The Morgan fingerprint density at radius 3 is 2.75 bits per heavy atom. The molecule has 5 fully saturated rings. The Morgan fingerprint density at radius 2 is 2.00 bits per heavy atom. The fraction of sp³-hybridized carbons (Fsp3) is 0.833. The van der Waals surface area contributed by atoms with E-state index in [0.29, 0.717) is 11.8 Å². The van der Waals surface area contributed by atoms with Crippen molar-refractivity contribution in [1.82, 2.24) is 0 Å². The lowest BCUT2D eigenvalue weighted by Crippen LogP contribution is -2.70. The van der Waals surface area contributed by atoms with Crippen molar-refractivity contribution in [3.8, 4) is 0 Å². The van der Waals surface area contributed by atoms with E-state index >= 15 is 0 Å². The molecule has 0 N–H and O–H groups in total. The highest BCUT2D eigenvalue weighted by atomic mass is 17.3. The van der Waals surface area contributed by atoms with Crippen LogP contribution in [0.5, 0.6) is 0 Å². The summed E-state index contributed by atoms with van der Waals surface area (Å²) in [6.45, 7) is 9.66. The Labute approximate surface area is 142 Å². The number of fused-ring (bicyclic) bond motifs is 2. The lowest BCUT2D eigenvalue weighted by atomic mass is 9.58. The highest BCUT2D eigenvalue weighted by Gasteiger charge is 2.69. The van der Waals surface area contributed by atoms with Crippen LogP contribution in [-0.4, -0.2) is 29.9 Å². The molecule has 5 rings (SSSR count). The monoisotopic (exact) mass is 338 g/mol. The summed E-state index contributed by atoms with van der Waals surface area (Å²) >= 11 is 0. The van der Waals surface area contributed by atoms with Gasteiger partial charge in [-0.3, -0.25) is 0 Å². The topological polar surface area (TPSA) is 63.2 Å². The van der Waals surface area contributed by atoms with Crippen molar-refractivity contribution in [3.05, 3.63) is 12.7 Å². The molecule has 0 aromatic heterocycles. The van der Waals surface area contributed by atoms with Crippen LogP contribution in [-0.2, 0) is 28.8 Å². The van der Waals surface area contributed by atoms with Gasteiger partial charge in [-0.25, -0.2) is 14.6 Å². The van der Waals surface area contributed by atoms with Crippen molar-refractivity contribution in [1.29, 1.82) is 0 Å². The molecule has 0 aromatic rings. The van der Waals surface area contributed by atoms with E-state index in [1.807, 2.05) is 13.8 Å². The van der Waals surface area contributed by atoms with E-state index < -0.39 is 29.9 Å². The first-order chi connectivity index (χ1) is 11.4. The van der Waals surface area contributed by atoms with Gasteiger partial charge in [0.2, 0.25) is 12.1 Å². The fourth-order valence-corrected chi connectivity index (χ4v) is 5.17. The minimum Gasteiger partial charge on any atom is -0.432 e. The van der Waals surface area contributed by atoms with E-state index in [2.05, 4.69) is 13.5 Å². The predicted molar refractivity (Wildman–Crippen MR) is 83.1 cm³/mol. The van der Waals surface area contributed by atoms with Crippen LogP contribution >= 0.6 is 0 Å². The SMILES string of the molecule is C=CC(=O)O[C@@H]1OC2O[C@]3(C)CC[C@H]4[C@H](C)CC[C@@H]([C@H]1C)C24OO3. The lowest BCUT2D eigenvalue weighted by molar-refractivity contribution is -0.576.